The van der Waals surface area contributed by atoms with Crippen molar-refractivity contribution in [3.63, 3.8) is 0 Å². The molecule has 0 radical (unpaired) electrons. The minimum absolute atomic E-state index is 0.0871. The number of Topliss-reactive ketones (excluding diaryl/α,β-unsaturated/α-hetero) is 2. The molecule has 3 aliphatic rings. The van der Waals surface area contributed by atoms with Gasteiger partial charge in [-0.1, -0.05) is 49.9 Å². The third-order valence-corrected chi connectivity index (χ3v) is 8.34. The van der Waals surface area contributed by atoms with Gasteiger partial charge >= 0.3 is 0 Å². The van der Waals surface area contributed by atoms with Crippen LogP contribution >= 0.6 is 0 Å². The predicted octanol–water partition coefficient (Wildman–Crippen LogP) is 3.24. The number of amides is 2. The number of nitrogens with zero attached hydrogens (tertiary/aromatic N) is 2. The molecule has 4 atom stereocenters. The zero-order valence-electron chi connectivity index (χ0n) is 20.9. The Morgan fingerprint density at radius 1 is 1.08 bits per heavy atom. The van der Waals surface area contributed by atoms with Gasteiger partial charge in [-0.15, -0.1) is 0 Å². The summed E-state index contributed by atoms with van der Waals surface area (Å²) in [7, 11) is 0. The fraction of sp³-hybridized carbons (Fsp3) is 0.643. The molecule has 8 heteroatoms. The molecule has 0 aromatic heterocycles. The fourth-order valence-electron chi connectivity index (χ4n) is 6.46. The third-order valence-electron chi connectivity index (χ3n) is 8.34. The van der Waals surface area contributed by atoms with Gasteiger partial charge < -0.3 is 10.0 Å². The summed E-state index contributed by atoms with van der Waals surface area (Å²) in [6.45, 7) is 0.353. The summed E-state index contributed by atoms with van der Waals surface area (Å²) < 4.78 is 0. The van der Waals surface area contributed by atoms with Crippen molar-refractivity contribution in [1.82, 2.24) is 9.96 Å². The van der Waals surface area contributed by atoms with Gasteiger partial charge in [-0.25, -0.2) is 5.06 Å². The molecule has 1 saturated heterocycles. The SMILES string of the molecule is O=CN(O)C[C@@H](CC1CCCC1)C(=O)N1CCC[C@H]1C(=O)CC(=O)CC1CCc2ccccc2C1O. The van der Waals surface area contributed by atoms with Crippen molar-refractivity contribution in [2.45, 2.75) is 82.8 Å². The molecule has 1 aromatic rings. The first-order valence-electron chi connectivity index (χ1n) is 13.4. The molecule has 2 N–H and O–H groups in total. The Labute approximate surface area is 212 Å². The molecule has 2 aliphatic carbocycles. The second-order valence-electron chi connectivity index (χ2n) is 10.8. The lowest BCUT2D eigenvalue weighted by atomic mass is 9.78. The van der Waals surface area contributed by atoms with Crippen molar-refractivity contribution in [3.8, 4) is 0 Å². The third kappa shape index (κ3) is 6.21. The topological polar surface area (TPSA) is 115 Å². The van der Waals surface area contributed by atoms with E-state index in [0.29, 0.717) is 49.6 Å². The van der Waals surface area contributed by atoms with E-state index >= 15 is 0 Å². The highest BCUT2D eigenvalue weighted by atomic mass is 16.5. The number of ketones is 2. The summed E-state index contributed by atoms with van der Waals surface area (Å²) in [5, 5.41) is 21.1. The number of aliphatic hydroxyl groups is 1. The highest BCUT2D eigenvalue weighted by molar-refractivity contribution is 6.03. The van der Waals surface area contributed by atoms with E-state index in [1.54, 1.807) is 4.90 Å². The van der Waals surface area contributed by atoms with Crippen LogP contribution in [0.4, 0.5) is 0 Å². The number of hydrogen-bond donors (Lipinski definition) is 2. The van der Waals surface area contributed by atoms with E-state index in [-0.39, 0.29) is 42.8 Å². The molecule has 1 aliphatic heterocycles. The van der Waals surface area contributed by atoms with Crippen molar-refractivity contribution < 1.29 is 29.5 Å². The minimum atomic E-state index is -0.714. The van der Waals surface area contributed by atoms with Gasteiger partial charge in [-0.2, -0.15) is 0 Å². The van der Waals surface area contributed by atoms with Crippen LogP contribution in [0.25, 0.3) is 0 Å². The van der Waals surface area contributed by atoms with Gasteiger partial charge in [0.15, 0.2) is 5.78 Å². The standard InChI is InChI=1S/C28H38N2O6/c31-18-29(36)17-22(14-19-6-1-2-7-19)28(35)30-13-5-10-25(30)26(33)16-23(32)15-21-12-11-20-8-3-4-9-24(20)27(21)34/h3-4,8-9,18-19,21-22,25,27,34,36H,1-2,5-7,10-17H2/t21?,22-,25+,27?/m1/s1. The number of carbonyl (C=O) groups excluding carboxylic acids is 4. The number of aryl methyl sites for hydroxylation is 1. The molecule has 1 aromatic carbocycles. The smallest absolute Gasteiger partial charge is 0.233 e. The number of likely N-dealkylation sites (tertiary alicyclic amines) is 1. The van der Waals surface area contributed by atoms with Gasteiger partial charge in [-0.05, 0) is 55.1 Å². The number of carbonyl (C=O) groups is 4. The van der Waals surface area contributed by atoms with Crippen LogP contribution in [0.1, 0.15) is 81.4 Å². The van der Waals surface area contributed by atoms with Crippen LogP contribution in [0, 0.1) is 17.8 Å². The summed E-state index contributed by atoms with van der Waals surface area (Å²) in [5.74, 6) is -1.07. The van der Waals surface area contributed by atoms with E-state index < -0.39 is 18.1 Å². The summed E-state index contributed by atoms with van der Waals surface area (Å²) in [5.41, 5.74) is 1.97. The Morgan fingerprint density at radius 2 is 1.83 bits per heavy atom. The first kappa shape index (κ1) is 26.5. The van der Waals surface area contributed by atoms with Crippen LogP contribution in [0.3, 0.4) is 0 Å². The zero-order chi connectivity index (χ0) is 25.7. The first-order chi connectivity index (χ1) is 17.4. The van der Waals surface area contributed by atoms with Gasteiger partial charge in [0.1, 0.15) is 5.78 Å². The van der Waals surface area contributed by atoms with Gasteiger partial charge in [0.2, 0.25) is 12.3 Å². The molecule has 2 fully saturated rings. The monoisotopic (exact) mass is 498 g/mol. The lowest BCUT2D eigenvalue weighted by molar-refractivity contribution is -0.158. The Kier molecular flexibility index (Phi) is 8.90. The van der Waals surface area contributed by atoms with Crippen LogP contribution in [0.15, 0.2) is 24.3 Å². The van der Waals surface area contributed by atoms with Crippen LogP contribution in [-0.2, 0) is 25.6 Å². The van der Waals surface area contributed by atoms with E-state index in [1.165, 1.54) is 0 Å². The highest BCUT2D eigenvalue weighted by Gasteiger charge is 2.39. The van der Waals surface area contributed by atoms with Crippen molar-refractivity contribution in [3.05, 3.63) is 35.4 Å². The first-order valence-corrected chi connectivity index (χ1v) is 13.4. The van der Waals surface area contributed by atoms with Crippen molar-refractivity contribution >= 4 is 23.9 Å². The Bertz CT molecular complexity index is 959. The number of hydroxylamine groups is 2. The van der Waals surface area contributed by atoms with E-state index in [0.717, 1.165) is 43.2 Å². The molecule has 2 unspecified atom stereocenters. The minimum Gasteiger partial charge on any atom is -0.388 e. The largest absolute Gasteiger partial charge is 0.388 e. The maximum absolute atomic E-state index is 13.5. The molecule has 4 rings (SSSR count). The van der Waals surface area contributed by atoms with Gasteiger partial charge in [0.25, 0.3) is 0 Å². The maximum Gasteiger partial charge on any atom is 0.233 e. The van der Waals surface area contributed by atoms with Gasteiger partial charge in [0, 0.05) is 13.0 Å². The fourth-order valence-corrected chi connectivity index (χ4v) is 6.46. The van der Waals surface area contributed by atoms with Gasteiger partial charge in [0.05, 0.1) is 31.0 Å². The average molecular weight is 499 g/mol. The van der Waals surface area contributed by atoms with Crippen LogP contribution in [-0.4, -0.2) is 63.3 Å². The van der Waals surface area contributed by atoms with Crippen LogP contribution in [0.5, 0.6) is 0 Å². The molecule has 0 bridgehead atoms. The number of rotatable bonds is 11. The molecular weight excluding hydrogens is 460 g/mol. The van der Waals surface area contributed by atoms with Crippen molar-refractivity contribution in [2.24, 2.45) is 17.8 Å². The lowest BCUT2D eigenvalue weighted by Crippen LogP contribution is -2.46. The molecule has 8 nitrogen and oxygen atoms in total. The summed E-state index contributed by atoms with van der Waals surface area (Å²) in [6, 6.07) is 7.07. The highest BCUT2D eigenvalue weighted by Crippen LogP contribution is 2.37. The molecule has 0 spiro atoms. The quantitative estimate of drug-likeness (QED) is 0.209. The molecular formula is C28H38N2O6. The van der Waals surface area contributed by atoms with Crippen LogP contribution < -0.4 is 0 Å². The maximum atomic E-state index is 13.5. The van der Waals surface area contributed by atoms with Crippen molar-refractivity contribution in [1.29, 1.82) is 0 Å². The van der Waals surface area contributed by atoms with E-state index in [1.807, 2.05) is 24.3 Å². The van der Waals surface area contributed by atoms with Gasteiger partial charge in [-0.3, -0.25) is 24.4 Å². The number of hydrogen-bond acceptors (Lipinski definition) is 6. The number of fused-ring (bicyclic) bond motifs is 1. The summed E-state index contributed by atoms with van der Waals surface area (Å²) in [6.07, 6.45) is 7.08. The second-order valence-corrected chi connectivity index (χ2v) is 10.8. The Morgan fingerprint density at radius 3 is 2.58 bits per heavy atom. The predicted molar refractivity (Wildman–Crippen MR) is 132 cm³/mol. The van der Waals surface area contributed by atoms with Crippen molar-refractivity contribution in [2.75, 3.05) is 13.1 Å². The zero-order valence-corrected chi connectivity index (χ0v) is 20.9. The Balaban J connectivity index is 1.36. The molecule has 1 saturated carbocycles. The summed E-state index contributed by atoms with van der Waals surface area (Å²) >= 11 is 0. The molecule has 36 heavy (non-hydrogen) atoms. The normalized spacial score (nSPS) is 24.8. The second kappa shape index (κ2) is 12.1. The molecule has 1 heterocycles. The average Bonchev–Trinajstić information content (AvgIpc) is 3.57. The lowest BCUT2D eigenvalue weighted by Gasteiger charge is -2.31. The number of aliphatic hydroxyl groups excluding tert-OH is 1. The van der Waals surface area contributed by atoms with E-state index in [4.69, 9.17) is 0 Å². The van der Waals surface area contributed by atoms with E-state index in [9.17, 15) is 29.5 Å². The molecule has 2 amide bonds. The van der Waals surface area contributed by atoms with E-state index in [2.05, 4.69) is 0 Å². The number of benzene rings is 1. The summed E-state index contributed by atoms with van der Waals surface area (Å²) in [4.78, 5) is 52.0. The molecule has 196 valence electrons. The van der Waals surface area contributed by atoms with Crippen LogP contribution in [0.2, 0.25) is 0 Å². The Hall–Kier alpha value is -2.58.